The third-order valence-electron chi connectivity index (χ3n) is 6.34. The van der Waals surface area contributed by atoms with Crippen molar-refractivity contribution in [1.82, 2.24) is 9.47 Å². The first-order chi connectivity index (χ1) is 17.0. The highest BCUT2D eigenvalue weighted by molar-refractivity contribution is 8.18. The minimum atomic E-state index is -0.454. The number of anilines is 1. The van der Waals surface area contributed by atoms with E-state index in [1.54, 1.807) is 12.1 Å². The van der Waals surface area contributed by atoms with Crippen molar-refractivity contribution in [2.24, 2.45) is 0 Å². The second-order valence-corrected chi connectivity index (χ2v) is 11.1. The van der Waals surface area contributed by atoms with Crippen LogP contribution in [0.2, 0.25) is 0 Å². The number of hydrogen-bond acceptors (Lipinski definition) is 4. The highest BCUT2D eigenvalue weighted by Crippen LogP contribution is 2.34. The average Bonchev–Trinajstić information content (AvgIpc) is 3.24. The Morgan fingerprint density at radius 3 is 2.31 bits per heavy atom. The SMILES string of the molecule is Cc1ccccc1NC(=O)CN1C(=O)S/C(=C\c2cc(C)n(-c3ccc(C(C)(C)C)cc3)c2C)C1=O. The summed E-state index contributed by atoms with van der Waals surface area (Å²) >= 11 is 0.862. The molecule has 1 aromatic heterocycles. The second kappa shape index (κ2) is 9.82. The second-order valence-electron chi connectivity index (χ2n) is 10.1. The van der Waals surface area contributed by atoms with Crippen LogP contribution in [0.1, 0.15) is 48.8 Å². The molecule has 6 nitrogen and oxygen atoms in total. The molecule has 3 aromatic rings. The van der Waals surface area contributed by atoms with Crippen LogP contribution in [0.15, 0.2) is 59.5 Å². The zero-order valence-corrected chi connectivity index (χ0v) is 22.3. The number of benzene rings is 2. The molecule has 0 aliphatic carbocycles. The van der Waals surface area contributed by atoms with Gasteiger partial charge in [-0.1, -0.05) is 51.1 Å². The molecule has 2 heterocycles. The van der Waals surface area contributed by atoms with Crippen LogP contribution in [0.5, 0.6) is 0 Å². The van der Waals surface area contributed by atoms with Crippen LogP contribution in [0.3, 0.4) is 0 Å². The van der Waals surface area contributed by atoms with Gasteiger partial charge < -0.3 is 9.88 Å². The molecule has 0 radical (unpaired) electrons. The zero-order chi connectivity index (χ0) is 26.2. The summed E-state index contributed by atoms with van der Waals surface area (Å²) in [5.41, 5.74) is 6.80. The van der Waals surface area contributed by atoms with E-state index in [1.807, 2.05) is 45.0 Å². The molecule has 4 rings (SSSR count). The summed E-state index contributed by atoms with van der Waals surface area (Å²) < 4.78 is 2.14. The summed E-state index contributed by atoms with van der Waals surface area (Å²) in [5.74, 6) is -0.867. The summed E-state index contributed by atoms with van der Waals surface area (Å²) in [4.78, 5) is 39.4. The predicted molar refractivity (Wildman–Crippen MR) is 146 cm³/mol. The summed E-state index contributed by atoms with van der Waals surface area (Å²) in [5, 5.41) is 2.33. The fraction of sp³-hybridized carbons (Fsp3) is 0.276. The number of thioether (sulfide) groups is 1. The quantitative estimate of drug-likeness (QED) is 0.412. The molecule has 36 heavy (non-hydrogen) atoms. The molecule has 0 saturated carbocycles. The summed E-state index contributed by atoms with van der Waals surface area (Å²) in [6, 6.07) is 17.9. The monoisotopic (exact) mass is 501 g/mol. The maximum Gasteiger partial charge on any atom is 0.294 e. The lowest BCUT2D eigenvalue weighted by Gasteiger charge is -2.20. The van der Waals surface area contributed by atoms with Crippen LogP contribution in [0, 0.1) is 20.8 Å². The Morgan fingerprint density at radius 2 is 1.67 bits per heavy atom. The molecule has 0 spiro atoms. The number of imide groups is 1. The molecule has 0 bridgehead atoms. The van der Waals surface area contributed by atoms with E-state index in [4.69, 9.17) is 0 Å². The van der Waals surface area contributed by atoms with Crippen LogP contribution >= 0.6 is 11.8 Å². The van der Waals surface area contributed by atoms with E-state index in [0.29, 0.717) is 10.6 Å². The van der Waals surface area contributed by atoms with Gasteiger partial charge in [-0.05, 0) is 85.0 Å². The maximum absolute atomic E-state index is 13.0. The number of para-hydroxylation sites is 1. The van der Waals surface area contributed by atoms with Crippen molar-refractivity contribution in [3.8, 4) is 5.69 Å². The van der Waals surface area contributed by atoms with Crippen LogP contribution in [0.25, 0.3) is 11.8 Å². The first-order valence-corrected chi connectivity index (χ1v) is 12.7. The Kier molecular flexibility index (Phi) is 6.96. The third kappa shape index (κ3) is 5.16. The van der Waals surface area contributed by atoms with E-state index in [2.05, 4.69) is 54.9 Å². The Labute approximate surface area is 216 Å². The highest BCUT2D eigenvalue weighted by Gasteiger charge is 2.36. The standard InChI is InChI=1S/C29H31N3O3S/c1-18-9-7-8-10-24(18)30-26(33)17-31-27(34)25(36-28(31)35)16-21-15-19(2)32(20(21)3)23-13-11-22(12-14-23)29(4,5)6/h7-16H,17H2,1-6H3,(H,30,33)/b25-16-. The largest absolute Gasteiger partial charge is 0.324 e. The van der Waals surface area contributed by atoms with Crippen LogP contribution in [-0.4, -0.2) is 33.1 Å². The zero-order valence-electron chi connectivity index (χ0n) is 21.5. The minimum Gasteiger partial charge on any atom is -0.324 e. The van der Waals surface area contributed by atoms with Crippen molar-refractivity contribution in [2.45, 2.75) is 47.0 Å². The van der Waals surface area contributed by atoms with E-state index in [-0.39, 0.29) is 12.0 Å². The van der Waals surface area contributed by atoms with Crippen molar-refractivity contribution in [2.75, 3.05) is 11.9 Å². The molecular formula is C29H31N3O3S. The van der Waals surface area contributed by atoms with Crippen LogP contribution in [0.4, 0.5) is 10.5 Å². The van der Waals surface area contributed by atoms with E-state index >= 15 is 0 Å². The number of carbonyl (C=O) groups excluding carboxylic acids is 3. The fourth-order valence-corrected chi connectivity index (χ4v) is 5.09. The van der Waals surface area contributed by atoms with Crippen molar-refractivity contribution in [3.05, 3.63) is 87.6 Å². The number of carbonyl (C=O) groups is 3. The molecule has 1 N–H and O–H groups in total. The number of hydrogen-bond donors (Lipinski definition) is 1. The molecule has 0 atom stereocenters. The Bertz CT molecular complexity index is 1380. The fourth-order valence-electron chi connectivity index (χ4n) is 4.27. The Morgan fingerprint density at radius 1 is 1.00 bits per heavy atom. The van der Waals surface area contributed by atoms with Crippen molar-refractivity contribution < 1.29 is 14.4 Å². The van der Waals surface area contributed by atoms with Gasteiger partial charge in [0.2, 0.25) is 5.91 Å². The van der Waals surface area contributed by atoms with Gasteiger partial charge in [0.1, 0.15) is 6.54 Å². The number of aryl methyl sites for hydroxylation is 2. The van der Waals surface area contributed by atoms with E-state index in [9.17, 15) is 14.4 Å². The molecule has 186 valence electrons. The van der Waals surface area contributed by atoms with Gasteiger partial charge in [-0.25, -0.2) is 0 Å². The molecule has 3 amide bonds. The molecule has 1 saturated heterocycles. The third-order valence-corrected chi connectivity index (χ3v) is 7.25. The van der Waals surface area contributed by atoms with Gasteiger partial charge in [-0.15, -0.1) is 0 Å². The first-order valence-electron chi connectivity index (χ1n) is 11.9. The van der Waals surface area contributed by atoms with Gasteiger partial charge in [0.05, 0.1) is 4.91 Å². The van der Waals surface area contributed by atoms with E-state index < -0.39 is 17.1 Å². The van der Waals surface area contributed by atoms with Crippen LogP contribution < -0.4 is 5.32 Å². The number of amides is 3. The van der Waals surface area contributed by atoms with Gasteiger partial charge in [0, 0.05) is 22.8 Å². The average molecular weight is 502 g/mol. The van der Waals surface area contributed by atoms with Crippen LogP contribution in [-0.2, 0) is 15.0 Å². The molecule has 1 aliphatic heterocycles. The molecule has 0 unspecified atom stereocenters. The van der Waals surface area contributed by atoms with Crippen molar-refractivity contribution in [3.63, 3.8) is 0 Å². The molecular weight excluding hydrogens is 470 g/mol. The summed E-state index contributed by atoms with van der Waals surface area (Å²) in [7, 11) is 0. The molecule has 7 heteroatoms. The number of nitrogens with one attached hydrogen (secondary N) is 1. The number of nitrogens with zero attached hydrogens (tertiary/aromatic N) is 2. The Balaban J connectivity index is 1.53. The first kappa shape index (κ1) is 25.5. The lowest BCUT2D eigenvalue weighted by Crippen LogP contribution is -2.36. The maximum atomic E-state index is 13.0. The van der Waals surface area contributed by atoms with E-state index in [0.717, 1.165) is 44.9 Å². The summed E-state index contributed by atoms with van der Waals surface area (Å²) in [6.07, 6.45) is 1.74. The number of aromatic nitrogens is 1. The minimum absolute atomic E-state index is 0.0736. The Hall–Kier alpha value is -3.58. The number of rotatable bonds is 5. The lowest BCUT2D eigenvalue weighted by atomic mass is 9.87. The van der Waals surface area contributed by atoms with Crippen molar-refractivity contribution in [1.29, 1.82) is 0 Å². The van der Waals surface area contributed by atoms with Gasteiger partial charge in [-0.3, -0.25) is 19.3 Å². The molecule has 2 aromatic carbocycles. The molecule has 1 fully saturated rings. The smallest absolute Gasteiger partial charge is 0.294 e. The van der Waals surface area contributed by atoms with Gasteiger partial charge >= 0.3 is 0 Å². The predicted octanol–water partition coefficient (Wildman–Crippen LogP) is 6.38. The lowest BCUT2D eigenvalue weighted by molar-refractivity contribution is -0.127. The van der Waals surface area contributed by atoms with Gasteiger partial charge in [0.15, 0.2) is 0 Å². The van der Waals surface area contributed by atoms with E-state index in [1.165, 1.54) is 5.56 Å². The van der Waals surface area contributed by atoms with Crippen molar-refractivity contribution >= 4 is 40.6 Å². The van der Waals surface area contributed by atoms with Gasteiger partial charge in [-0.2, -0.15) is 0 Å². The normalized spacial score (nSPS) is 15.2. The summed E-state index contributed by atoms with van der Waals surface area (Å²) in [6.45, 7) is 12.1. The van der Waals surface area contributed by atoms with Gasteiger partial charge in [0.25, 0.3) is 11.1 Å². The highest BCUT2D eigenvalue weighted by atomic mass is 32.2. The molecule has 1 aliphatic rings. The topological polar surface area (TPSA) is 71.4 Å².